The van der Waals surface area contributed by atoms with Gasteiger partial charge in [-0.2, -0.15) is 13.2 Å². The fourth-order valence-corrected chi connectivity index (χ4v) is 2.89. The Balaban J connectivity index is 1.76. The molecule has 2 rings (SSSR count). The molecule has 0 amide bonds. The Morgan fingerprint density at radius 1 is 1.00 bits per heavy atom. The lowest BCUT2D eigenvalue weighted by Crippen LogP contribution is -2.31. The Morgan fingerprint density at radius 3 is 2.00 bits per heavy atom. The summed E-state index contributed by atoms with van der Waals surface area (Å²) in [5.74, 6) is -0.511. The van der Waals surface area contributed by atoms with Gasteiger partial charge in [0.25, 0.3) is 0 Å². The zero-order chi connectivity index (χ0) is 12.5. The highest BCUT2D eigenvalue weighted by atomic mass is 19.4. The zero-order valence-electron chi connectivity index (χ0n) is 9.93. The minimum absolute atomic E-state index is 0.0887. The van der Waals surface area contributed by atoms with Gasteiger partial charge in [0.2, 0.25) is 0 Å². The van der Waals surface area contributed by atoms with Crippen LogP contribution in [0.3, 0.4) is 0 Å². The number of Topliss-reactive ketones (excluding diaryl/α,β-unsaturated/α-hetero) is 1. The van der Waals surface area contributed by atoms with Gasteiger partial charge in [-0.3, -0.25) is 4.79 Å². The van der Waals surface area contributed by atoms with Crippen molar-refractivity contribution < 1.29 is 18.0 Å². The highest BCUT2D eigenvalue weighted by Gasteiger charge is 2.42. The number of hydrogen-bond donors (Lipinski definition) is 0. The molecule has 0 unspecified atom stereocenters. The van der Waals surface area contributed by atoms with Crippen molar-refractivity contribution in [3.63, 3.8) is 0 Å². The Morgan fingerprint density at radius 2 is 1.59 bits per heavy atom. The topological polar surface area (TPSA) is 17.1 Å². The highest BCUT2D eigenvalue weighted by Crippen LogP contribution is 2.41. The molecule has 2 saturated carbocycles. The van der Waals surface area contributed by atoms with Gasteiger partial charge in [-0.25, -0.2) is 0 Å². The van der Waals surface area contributed by atoms with Crippen LogP contribution in [0.1, 0.15) is 51.4 Å². The normalized spacial score (nSPS) is 31.0. The first-order valence-electron chi connectivity index (χ1n) is 6.56. The second kappa shape index (κ2) is 4.99. The molecule has 2 aliphatic rings. The molecule has 2 aliphatic carbocycles. The van der Waals surface area contributed by atoms with Crippen molar-refractivity contribution in [2.75, 3.05) is 0 Å². The van der Waals surface area contributed by atoms with Crippen molar-refractivity contribution in [2.24, 2.45) is 17.8 Å². The van der Waals surface area contributed by atoms with Gasteiger partial charge in [-0.05, 0) is 31.6 Å². The van der Waals surface area contributed by atoms with Crippen molar-refractivity contribution >= 4 is 5.78 Å². The summed E-state index contributed by atoms with van der Waals surface area (Å²) in [7, 11) is 0. The van der Waals surface area contributed by atoms with Crippen LogP contribution in [0, 0.1) is 17.8 Å². The minimum Gasteiger partial charge on any atom is -0.299 e. The summed E-state index contributed by atoms with van der Waals surface area (Å²) in [4.78, 5) is 11.9. The van der Waals surface area contributed by atoms with Crippen molar-refractivity contribution in [1.29, 1.82) is 0 Å². The second-order valence-corrected chi connectivity index (χ2v) is 5.56. The summed E-state index contributed by atoms with van der Waals surface area (Å²) in [5, 5.41) is 0. The van der Waals surface area contributed by atoms with E-state index in [1.54, 1.807) is 0 Å². The Hall–Kier alpha value is -0.540. The maximum atomic E-state index is 12.5. The number of ketones is 1. The van der Waals surface area contributed by atoms with Crippen LogP contribution < -0.4 is 0 Å². The molecule has 4 heteroatoms. The van der Waals surface area contributed by atoms with Gasteiger partial charge in [0.15, 0.2) is 0 Å². The molecule has 2 fully saturated rings. The van der Waals surface area contributed by atoms with E-state index in [0.29, 0.717) is 25.2 Å². The largest absolute Gasteiger partial charge is 0.391 e. The quantitative estimate of drug-likeness (QED) is 0.734. The smallest absolute Gasteiger partial charge is 0.299 e. The SMILES string of the molecule is O=C(CC1CCC1)C1CCC(C(F)(F)F)CC1. The van der Waals surface area contributed by atoms with Gasteiger partial charge in [0.05, 0.1) is 5.92 Å². The lowest BCUT2D eigenvalue weighted by Gasteiger charge is -2.31. The first-order chi connectivity index (χ1) is 7.97. The van der Waals surface area contributed by atoms with Crippen LogP contribution >= 0.6 is 0 Å². The third-order valence-corrected chi connectivity index (χ3v) is 4.36. The molecule has 0 saturated heterocycles. The van der Waals surface area contributed by atoms with E-state index in [9.17, 15) is 18.0 Å². The van der Waals surface area contributed by atoms with E-state index in [4.69, 9.17) is 0 Å². The van der Waals surface area contributed by atoms with Gasteiger partial charge in [0, 0.05) is 12.3 Å². The van der Waals surface area contributed by atoms with Crippen LogP contribution in [-0.4, -0.2) is 12.0 Å². The molecule has 0 aromatic heterocycles. The maximum absolute atomic E-state index is 12.5. The molecule has 0 aliphatic heterocycles. The van der Waals surface area contributed by atoms with Crippen LogP contribution in [0.15, 0.2) is 0 Å². The molecule has 0 radical (unpaired) electrons. The number of halogens is 3. The number of alkyl halides is 3. The first kappa shape index (κ1) is 12.9. The average Bonchev–Trinajstić information content (AvgIpc) is 2.22. The molecule has 0 spiro atoms. The minimum atomic E-state index is -4.07. The van der Waals surface area contributed by atoms with Gasteiger partial charge in [-0.1, -0.05) is 19.3 Å². The predicted molar refractivity (Wildman–Crippen MR) is 58.5 cm³/mol. The number of carbonyl (C=O) groups is 1. The Labute approximate surface area is 99.8 Å². The molecular formula is C13H19F3O. The molecule has 0 N–H and O–H groups in total. The zero-order valence-corrected chi connectivity index (χ0v) is 9.93. The summed E-state index contributed by atoms with van der Waals surface area (Å²) in [6, 6.07) is 0. The maximum Gasteiger partial charge on any atom is 0.391 e. The Kier molecular flexibility index (Phi) is 3.79. The van der Waals surface area contributed by atoms with Gasteiger partial charge >= 0.3 is 6.18 Å². The second-order valence-electron chi connectivity index (χ2n) is 5.56. The van der Waals surface area contributed by atoms with E-state index in [1.807, 2.05) is 0 Å². The van der Waals surface area contributed by atoms with Gasteiger partial charge < -0.3 is 0 Å². The van der Waals surface area contributed by atoms with Crippen LogP contribution in [0.25, 0.3) is 0 Å². The van der Waals surface area contributed by atoms with Crippen LogP contribution in [0.2, 0.25) is 0 Å². The predicted octanol–water partition coefficient (Wildman–Crippen LogP) is 4.11. The molecule has 98 valence electrons. The monoisotopic (exact) mass is 248 g/mol. The number of hydrogen-bond acceptors (Lipinski definition) is 1. The summed E-state index contributed by atoms with van der Waals surface area (Å²) in [6.07, 6.45) is 1.18. The molecular weight excluding hydrogens is 229 g/mol. The molecule has 17 heavy (non-hydrogen) atoms. The molecule has 0 bridgehead atoms. The average molecular weight is 248 g/mol. The molecule has 1 nitrogen and oxygen atoms in total. The standard InChI is InChI=1S/C13H19F3O/c14-13(15,16)11-6-4-10(5-7-11)12(17)8-9-2-1-3-9/h9-11H,1-8H2. The van der Waals surface area contributed by atoms with E-state index >= 15 is 0 Å². The van der Waals surface area contributed by atoms with Crippen molar-refractivity contribution in [3.8, 4) is 0 Å². The summed E-state index contributed by atoms with van der Waals surface area (Å²) < 4.78 is 37.4. The third-order valence-electron chi connectivity index (χ3n) is 4.36. The van der Waals surface area contributed by atoms with Crippen LogP contribution in [0.5, 0.6) is 0 Å². The van der Waals surface area contributed by atoms with Gasteiger partial charge in [0.1, 0.15) is 5.78 Å². The molecule has 0 aromatic rings. The summed E-state index contributed by atoms with van der Waals surface area (Å²) >= 11 is 0. The summed E-state index contributed by atoms with van der Waals surface area (Å²) in [5.41, 5.74) is 0. The molecule has 0 atom stereocenters. The van der Waals surface area contributed by atoms with E-state index in [0.717, 1.165) is 12.8 Å². The van der Waals surface area contributed by atoms with Crippen LogP contribution in [-0.2, 0) is 4.79 Å². The van der Waals surface area contributed by atoms with Crippen molar-refractivity contribution in [3.05, 3.63) is 0 Å². The number of carbonyl (C=O) groups excluding carboxylic acids is 1. The van der Waals surface area contributed by atoms with E-state index < -0.39 is 12.1 Å². The van der Waals surface area contributed by atoms with Gasteiger partial charge in [-0.15, -0.1) is 0 Å². The number of rotatable bonds is 3. The fraction of sp³-hybridized carbons (Fsp3) is 0.923. The lowest BCUT2D eigenvalue weighted by atomic mass is 9.75. The molecule has 0 heterocycles. The lowest BCUT2D eigenvalue weighted by molar-refractivity contribution is -0.184. The molecule has 0 aromatic carbocycles. The fourth-order valence-electron chi connectivity index (χ4n) is 2.89. The first-order valence-corrected chi connectivity index (χ1v) is 6.56. The highest BCUT2D eigenvalue weighted by molar-refractivity contribution is 5.81. The van der Waals surface area contributed by atoms with E-state index in [2.05, 4.69) is 0 Å². The van der Waals surface area contributed by atoms with Crippen LogP contribution in [0.4, 0.5) is 13.2 Å². The third kappa shape index (κ3) is 3.23. The summed E-state index contributed by atoms with van der Waals surface area (Å²) in [6.45, 7) is 0. The van der Waals surface area contributed by atoms with E-state index in [-0.39, 0.29) is 24.5 Å². The van der Waals surface area contributed by atoms with Crippen molar-refractivity contribution in [2.45, 2.75) is 57.5 Å². The van der Waals surface area contributed by atoms with E-state index in [1.165, 1.54) is 6.42 Å². The Bertz CT molecular complexity index is 273. The van der Waals surface area contributed by atoms with Crippen molar-refractivity contribution in [1.82, 2.24) is 0 Å².